The van der Waals surface area contributed by atoms with E-state index in [0.29, 0.717) is 0 Å². The summed E-state index contributed by atoms with van der Waals surface area (Å²) < 4.78 is 0. The maximum Gasteiger partial charge on any atom is 0.230 e. The summed E-state index contributed by atoms with van der Waals surface area (Å²) in [5.41, 5.74) is 4.36. The van der Waals surface area contributed by atoms with Crippen molar-refractivity contribution in [2.45, 2.75) is 39.7 Å². The molecule has 1 aliphatic rings. The third kappa shape index (κ3) is 2.23. The molecule has 0 bridgehead atoms. The Morgan fingerprint density at radius 2 is 1.82 bits per heavy atom. The Labute approximate surface area is 102 Å². The van der Waals surface area contributed by atoms with E-state index in [2.05, 4.69) is 37.1 Å². The van der Waals surface area contributed by atoms with Crippen LogP contribution in [0, 0.1) is 13.8 Å². The molecule has 3 nitrogen and oxygen atoms in total. The molecule has 1 aromatic rings. The van der Waals surface area contributed by atoms with Gasteiger partial charge in [0.1, 0.15) is 0 Å². The summed E-state index contributed by atoms with van der Waals surface area (Å²) in [5, 5.41) is 5.91. The van der Waals surface area contributed by atoms with Gasteiger partial charge in [-0.05, 0) is 33.3 Å². The Kier molecular flexibility index (Phi) is 2.77. The maximum atomic E-state index is 11.0. The Balaban J connectivity index is 2.39. The molecule has 1 aromatic carbocycles. The topological polar surface area (TPSA) is 32.7 Å². The van der Waals surface area contributed by atoms with Crippen molar-refractivity contribution in [1.29, 1.82) is 0 Å². The van der Waals surface area contributed by atoms with E-state index in [1.807, 2.05) is 13.8 Å². The fourth-order valence-corrected chi connectivity index (χ4v) is 2.26. The number of carbonyl (C=O) groups is 1. The monoisotopic (exact) mass is 230 g/mol. The highest BCUT2D eigenvalue weighted by Crippen LogP contribution is 2.28. The fourth-order valence-electron chi connectivity index (χ4n) is 2.26. The van der Waals surface area contributed by atoms with Gasteiger partial charge in [0.05, 0.1) is 11.3 Å². The maximum absolute atomic E-state index is 11.0. The van der Waals surface area contributed by atoms with Gasteiger partial charge in [-0.25, -0.2) is 5.01 Å². The van der Waals surface area contributed by atoms with Crippen LogP contribution in [0.25, 0.3) is 0 Å². The van der Waals surface area contributed by atoms with Crippen LogP contribution in [0.1, 0.15) is 37.0 Å². The minimum absolute atomic E-state index is 0.214. The SMILES string of the molecule is Cc1cc(C)cc(C2=NN(C=O)C(C)(C)C2)c1. The Bertz CT molecular complexity index is 469. The number of benzene rings is 1. The van der Waals surface area contributed by atoms with E-state index in [1.165, 1.54) is 16.1 Å². The van der Waals surface area contributed by atoms with E-state index in [1.54, 1.807) is 0 Å². The summed E-state index contributed by atoms with van der Waals surface area (Å²) >= 11 is 0. The Morgan fingerprint density at radius 3 is 2.29 bits per heavy atom. The predicted octanol–water partition coefficient (Wildman–Crippen LogP) is 2.65. The van der Waals surface area contributed by atoms with Crippen molar-refractivity contribution < 1.29 is 4.79 Å². The molecule has 1 aliphatic heterocycles. The number of nitrogens with zero attached hydrogens (tertiary/aromatic N) is 2. The van der Waals surface area contributed by atoms with Gasteiger partial charge in [0.15, 0.2) is 0 Å². The van der Waals surface area contributed by atoms with Crippen molar-refractivity contribution in [2.24, 2.45) is 5.10 Å². The minimum atomic E-state index is -0.214. The molecule has 0 radical (unpaired) electrons. The van der Waals surface area contributed by atoms with Crippen molar-refractivity contribution in [1.82, 2.24) is 5.01 Å². The van der Waals surface area contributed by atoms with Crippen LogP contribution >= 0.6 is 0 Å². The van der Waals surface area contributed by atoms with Crippen molar-refractivity contribution in [3.05, 3.63) is 34.9 Å². The number of hydrazone groups is 1. The van der Waals surface area contributed by atoms with Crippen molar-refractivity contribution in [2.75, 3.05) is 0 Å². The van der Waals surface area contributed by atoms with Crippen molar-refractivity contribution in [3.63, 3.8) is 0 Å². The summed E-state index contributed by atoms with van der Waals surface area (Å²) in [6, 6.07) is 6.38. The molecule has 0 saturated carbocycles. The lowest BCUT2D eigenvalue weighted by molar-refractivity contribution is -0.121. The van der Waals surface area contributed by atoms with Gasteiger partial charge < -0.3 is 0 Å². The molecular weight excluding hydrogens is 212 g/mol. The number of carbonyl (C=O) groups excluding carboxylic acids is 1. The fraction of sp³-hybridized carbons (Fsp3) is 0.429. The third-order valence-electron chi connectivity index (χ3n) is 3.10. The zero-order chi connectivity index (χ0) is 12.6. The normalized spacial score (nSPS) is 18.1. The van der Waals surface area contributed by atoms with Gasteiger partial charge in [-0.15, -0.1) is 0 Å². The van der Waals surface area contributed by atoms with Gasteiger partial charge in [0.25, 0.3) is 0 Å². The van der Waals surface area contributed by atoms with Crippen LogP contribution in [0.4, 0.5) is 0 Å². The number of rotatable bonds is 2. The summed E-state index contributed by atoms with van der Waals surface area (Å²) in [5.74, 6) is 0. The molecule has 90 valence electrons. The minimum Gasteiger partial charge on any atom is -0.277 e. The van der Waals surface area contributed by atoms with Crippen LogP contribution in [0.15, 0.2) is 23.3 Å². The highest BCUT2D eigenvalue weighted by atomic mass is 16.1. The van der Waals surface area contributed by atoms with Crippen LogP contribution in [0.5, 0.6) is 0 Å². The van der Waals surface area contributed by atoms with E-state index in [9.17, 15) is 4.79 Å². The first kappa shape index (κ1) is 11.8. The van der Waals surface area contributed by atoms with Crippen LogP contribution in [-0.4, -0.2) is 22.7 Å². The largest absolute Gasteiger partial charge is 0.277 e. The highest BCUT2D eigenvalue weighted by molar-refractivity contribution is 6.03. The predicted molar refractivity (Wildman–Crippen MR) is 69.1 cm³/mol. The summed E-state index contributed by atoms with van der Waals surface area (Å²) in [4.78, 5) is 11.0. The highest BCUT2D eigenvalue weighted by Gasteiger charge is 2.34. The van der Waals surface area contributed by atoms with Crippen molar-refractivity contribution in [3.8, 4) is 0 Å². The van der Waals surface area contributed by atoms with E-state index in [0.717, 1.165) is 24.1 Å². The quantitative estimate of drug-likeness (QED) is 0.719. The van der Waals surface area contributed by atoms with Gasteiger partial charge >= 0.3 is 0 Å². The molecular formula is C14H18N2O. The van der Waals surface area contributed by atoms with Crippen LogP contribution < -0.4 is 0 Å². The standard InChI is InChI=1S/C14H18N2O/c1-10-5-11(2)7-12(6-10)13-8-14(3,4)16(9-17)15-13/h5-7,9H,8H2,1-4H3. The molecule has 0 N–H and O–H groups in total. The van der Waals surface area contributed by atoms with E-state index < -0.39 is 0 Å². The lowest BCUT2D eigenvalue weighted by Gasteiger charge is -2.24. The van der Waals surface area contributed by atoms with Crippen LogP contribution in [-0.2, 0) is 4.79 Å². The van der Waals surface area contributed by atoms with Crippen LogP contribution in [0.2, 0.25) is 0 Å². The molecule has 0 saturated heterocycles. The number of amides is 1. The zero-order valence-corrected chi connectivity index (χ0v) is 10.8. The van der Waals surface area contributed by atoms with E-state index in [4.69, 9.17) is 0 Å². The molecule has 2 rings (SSSR count). The van der Waals surface area contributed by atoms with Gasteiger partial charge in [0.2, 0.25) is 6.41 Å². The molecule has 0 unspecified atom stereocenters. The molecule has 0 fully saturated rings. The van der Waals surface area contributed by atoms with Gasteiger partial charge in [-0.1, -0.05) is 29.3 Å². The lowest BCUT2D eigenvalue weighted by atomic mass is 9.94. The Hall–Kier alpha value is -1.64. The number of hydrogen-bond acceptors (Lipinski definition) is 2. The summed E-state index contributed by atoms with van der Waals surface area (Å²) in [7, 11) is 0. The summed E-state index contributed by atoms with van der Waals surface area (Å²) in [6.45, 7) is 8.21. The average molecular weight is 230 g/mol. The first-order chi connectivity index (χ1) is 7.92. The zero-order valence-electron chi connectivity index (χ0n) is 10.8. The molecule has 0 atom stereocenters. The molecule has 0 aliphatic carbocycles. The molecule has 1 heterocycles. The Morgan fingerprint density at radius 1 is 1.24 bits per heavy atom. The second-order valence-electron chi connectivity index (χ2n) is 5.36. The lowest BCUT2D eigenvalue weighted by Crippen LogP contribution is -2.35. The first-order valence-corrected chi connectivity index (χ1v) is 5.83. The second-order valence-corrected chi connectivity index (χ2v) is 5.36. The van der Waals surface area contributed by atoms with E-state index >= 15 is 0 Å². The molecule has 17 heavy (non-hydrogen) atoms. The van der Waals surface area contributed by atoms with E-state index in [-0.39, 0.29) is 5.54 Å². The molecule has 0 aromatic heterocycles. The number of aryl methyl sites for hydroxylation is 2. The smallest absolute Gasteiger partial charge is 0.230 e. The first-order valence-electron chi connectivity index (χ1n) is 5.83. The average Bonchev–Trinajstić information content (AvgIpc) is 2.52. The second kappa shape index (κ2) is 3.99. The molecule has 3 heteroatoms. The van der Waals surface area contributed by atoms with Crippen molar-refractivity contribution >= 4 is 12.1 Å². The van der Waals surface area contributed by atoms with Gasteiger partial charge in [0, 0.05) is 6.42 Å². The van der Waals surface area contributed by atoms with Gasteiger partial charge in [-0.3, -0.25) is 4.79 Å². The third-order valence-corrected chi connectivity index (χ3v) is 3.10. The summed E-state index contributed by atoms with van der Waals surface area (Å²) in [6.07, 6.45) is 1.60. The molecule has 1 amide bonds. The van der Waals surface area contributed by atoms with Gasteiger partial charge in [-0.2, -0.15) is 5.10 Å². The molecule has 0 spiro atoms. The number of hydrogen-bond donors (Lipinski definition) is 0. The van der Waals surface area contributed by atoms with Crippen LogP contribution in [0.3, 0.4) is 0 Å².